The molecule has 1 heterocycles. The summed E-state index contributed by atoms with van der Waals surface area (Å²) in [5.74, 6) is 0. The van der Waals surface area contributed by atoms with Gasteiger partial charge < -0.3 is 21.3 Å². The van der Waals surface area contributed by atoms with Gasteiger partial charge in [-0.15, -0.1) is 0 Å². The van der Waals surface area contributed by atoms with E-state index in [1.54, 1.807) is 0 Å². The standard InChI is InChI=1S/C14H23ClN4/c15-12-4-1-5-13-14(12)19-9-3-7-17-11-10-16-6-2-8-18-13/h1,4-5,16-19H,2-3,6-11H2. The Morgan fingerprint density at radius 2 is 1.47 bits per heavy atom. The lowest BCUT2D eigenvalue weighted by Crippen LogP contribution is -2.30. The molecule has 0 radical (unpaired) electrons. The van der Waals surface area contributed by atoms with Gasteiger partial charge in [-0.2, -0.15) is 0 Å². The number of anilines is 2. The fraction of sp³-hybridized carbons (Fsp3) is 0.571. The van der Waals surface area contributed by atoms with Crippen molar-refractivity contribution in [3.05, 3.63) is 23.2 Å². The van der Waals surface area contributed by atoms with Gasteiger partial charge in [0.25, 0.3) is 0 Å². The summed E-state index contributed by atoms with van der Waals surface area (Å²) in [5.41, 5.74) is 2.12. The molecule has 4 N–H and O–H groups in total. The van der Waals surface area contributed by atoms with Crippen LogP contribution in [0.3, 0.4) is 0 Å². The third-order valence-electron chi connectivity index (χ3n) is 3.17. The maximum absolute atomic E-state index is 6.26. The molecule has 1 aromatic carbocycles. The average Bonchev–Trinajstić information content (AvgIpc) is 2.42. The molecular formula is C14H23ClN4. The van der Waals surface area contributed by atoms with Crippen molar-refractivity contribution >= 4 is 23.0 Å². The van der Waals surface area contributed by atoms with Gasteiger partial charge in [0.15, 0.2) is 0 Å². The van der Waals surface area contributed by atoms with Gasteiger partial charge in [-0.3, -0.25) is 0 Å². The van der Waals surface area contributed by atoms with Crippen LogP contribution in [0, 0.1) is 0 Å². The quantitative estimate of drug-likeness (QED) is 0.589. The summed E-state index contributed by atoms with van der Waals surface area (Å²) in [5, 5.41) is 14.5. The fourth-order valence-corrected chi connectivity index (χ4v) is 2.38. The summed E-state index contributed by atoms with van der Waals surface area (Å²) in [4.78, 5) is 0. The van der Waals surface area contributed by atoms with Crippen LogP contribution in [0.5, 0.6) is 0 Å². The van der Waals surface area contributed by atoms with Gasteiger partial charge in [0.05, 0.1) is 16.4 Å². The molecule has 0 saturated heterocycles. The number of para-hydroxylation sites is 1. The van der Waals surface area contributed by atoms with Crippen LogP contribution in [0.4, 0.5) is 11.4 Å². The molecule has 0 aromatic heterocycles. The van der Waals surface area contributed by atoms with Gasteiger partial charge in [0.1, 0.15) is 0 Å². The van der Waals surface area contributed by atoms with Crippen LogP contribution >= 0.6 is 11.6 Å². The molecule has 106 valence electrons. The fourth-order valence-electron chi connectivity index (χ4n) is 2.14. The van der Waals surface area contributed by atoms with Crippen molar-refractivity contribution in [2.45, 2.75) is 12.8 Å². The lowest BCUT2D eigenvalue weighted by molar-refractivity contribution is 0.594. The van der Waals surface area contributed by atoms with Crippen molar-refractivity contribution in [1.29, 1.82) is 0 Å². The minimum absolute atomic E-state index is 0.781. The number of rotatable bonds is 0. The SMILES string of the molecule is Clc1cccc2c1NCCCNCCNCCCN2. The normalized spacial score (nSPS) is 18.6. The summed E-state index contributed by atoms with van der Waals surface area (Å²) in [6.07, 6.45) is 2.19. The first-order valence-corrected chi connectivity index (χ1v) is 7.43. The monoisotopic (exact) mass is 282 g/mol. The molecule has 4 nitrogen and oxygen atoms in total. The van der Waals surface area contributed by atoms with Crippen molar-refractivity contribution in [2.75, 3.05) is 49.9 Å². The van der Waals surface area contributed by atoms with Crippen molar-refractivity contribution in [1.82, 2.24) is 10.6 Å². The van der Waals surface area contributed by atoms with Gasteiger partial charge >= 0.3 is 0 Å². The van der Waals surface area contributed by atoms with Crippen LogP contribution in [0.25, 0.3) is 0 Å². The third-order valence-corrected chi connectivity index (χ3v) is 3.49. The first-order valence-electron chi connectivity index (χ1n) is 7.05. The summed E-state index contributed by atoms with van der Waals surface area (Å²) >= 11 is 6.26. The molecule has 0 saturated carbocycles. The number of hydrogen-bond donors (Lipinski definition) is 4. The molecule has 1 aromatic rings. The zero-order valence-corrected chi connectivity index (χ0v) is 12.0. The Kier molecular flexibility index (Phi) is 6.27. The van der Waals surface area contributed by atoms with Crippen LogP contribution in [0.15, 0.2) is 18.2 Å². The second kappa shape index (κ2) is 8.25. The highest BCUT2D eigenvalue weighted by molar-refractivity contribution is 6.33. The van der Waals surface area contributed by atoms with Crippen molar-refractivity contribution < 1.29 is 0 Å². The van der Waals surface area contributed by atoms with Crippen molar-refractivity contribution in [2.24, 2.45) is 0 Å². The van der Waals surface area contributed by atoms with Gasteiger partial charge in [0.2, 0.25) is 0 Å². The molecule has 0 atom stereocenters. The van der Waals surface area contributed by atoms with E-state index in [1.807, 2.05) is 12.1 Å². The average molecular weight is 283 g/mol. The maximum atomic E-state index is 6.26. The minimum atomic E-state index is 0.781. The smallest absolute Gasteiger partial charge is 0.0765 e. The summed E-state index contributed by atoms with van der Waals surface area (Å²) in [7, 11) is 0. The van der Waals surface area contributed by atoms with Crippen molar-refractivity contribution in [3.63, 3.8) is 0 Å². The highest BCUT2D eigenvalue weighted by Crippen LogP contribution is 2.30. The molecule has 1 aliphatic heterocycles. The summed E-state index contributed by atoms with van der Waals surface area (Å²) in [6, 6.07) is 5.99. The molecule has 0 spiro atoms. The predicted molar refractivity (Wildman–Crippen MR) is 83.4 cm³/mol. The van der Waals surface area contributed by atoms with E-state index in [1.165, 1.54) is 0 Å². The lowest BCUT2D eigenvalue weighted by Gasteiger charge is -2.16. The van der Waals surface area contributed by atoms with E-state index in [0.29, 0.717) is 0 Å². The molecule has 1 aliphatic rings. The Balaban J connectivity index is 1.99. The van der Waals surface area contributed by atoms with Gasteiger partial charge in [-0.05, 0) is 38.1 Å². The Morgan fingerprint density at radius 3 is 2.21 bits per heavy atom. The van der Waals surface area contributed by atoms with E-state index < -0.39 is 0 Å². The highest BCUT2D eigenvalue weighted by Gasteiger charge is 2.06. The molecule has 19 heavy (non-hydrogen) atoms. The van der Waals surface area contributed by atoms with Gasteiger partial charge in [-0.25, -0.2) is 0 Å². The molecule has 0 fully saturated rings. The summed E-state index contributed by atoms with van der Waals surface area (Å²) in [6.45, 7) is 6.02. The molecule has 0 unspecified atom stereocenters. The van der Waals surface area contributed by atoms with E-state index in [2.05, 4.69) is 27.3 Å². The molecule has 5 heteroatoms. The van der Waals surface area contributed by atoms with E-state index in [4.69, 9.17) is 11.6 Å². The molecule has 0 bridgehead atoms. The van der Waals surface area contributed by atoms with Crippen LogP contribution < -0.4 is 21.3 Å². The second-order valence-corrected chi connectivity index (χ2v) is 5.13. The minimum Gasteiger partial charge on any atom is -0.383 e. The Bertz CT molecular complexity index is 384. The molecule has 0 aliphatic carbocycles. The van der Waals surface area contributed by atoms with E-state index in [0.717, 1.165) is 68.5 Å². The number of benzene rings is 1. The largest absolute Gasteiger partial charge is 0.383 e. The lowest BCUT2D eigenvalue weighted by atomic mass is 10.2. The van der Waals surface area contributed by atoms with Crippen LogP contribution in [0.1, 0.15) is 12.8 Å². The van der Waals surface area contributed by atoms with Crippen LogP contribution in [-0.2, 0) is 0 Å². The number of hydrogen-bond acceptors (Lipinski definition) is 4. The first-order chi connectivity index (χ1) is 9.38. The number of nitrogens with one attached hydrogen (secondary N) is 4. The zero-order chi connectivity index (χ0) is 13.3. The molecule has 0 amide bonds. The Labute approximate surface area is 120 Å². The maximum Gasteiger partial charge on any atom is 0.0765 e. The molecular weight excluding hydrogens is 260 g/mol. The zero-order valence-electron chi connectivity index (χ0n) is 11.3. The summed E-state index contributed by atoms with van der Waals surface area (Å²) < 4.78 is 0. The highest BCUT2D eigenvalue weighted by atomic mass is 35.5. The van der Waals surface area contributed by atoms with Gasteiger partial charge in [-0.1, -0.05) is 17.7 Å². The third kappa shape index (κ3) is 4.90. The van der Waals surface area contributed by atoms with Crippen LogP contribution in [-0.4, -0.2) is 39.3 Å². The van der Waals surface area contributed by atoms with Crippen LogP contribution in [0.2, 0.25) is 5.02 Å². The van der Waals surface area contributed by atoms with Gasteiger partial charge in [0, 0.05) is 26.2 Å². The second-order valence-electron chi connectivity index (χ2n) is 4.72. The van der Waals surface area contributed by atoms with Crippen molar-refractivity contribution in [3.8, 4) is 0 Å². The van der Waals surface area contributed by atoms with E-state index in [9.17, 15) is 0 Å². The Hall–Kier alpha value is -0.970. The molecule has 2 rings (SSSR count). The number of fused-ring (bicyclic) bond motifs is 1. The topological polar surface area (TPSA) is 48.1 Å². The van der Waals surface area contributed by atoms with E-state index in [-0.39, 0.29) is 0 Å². The Morgan fingerprint density at radius 1 is 0.789 bits per heavy atom. The number of halogens is 1. The van der Waals surface area contributed by atoms with E-state index >= 15 is 0 Å². The first kappa shape index (κ1) is 14.4. The predicted octanol–water partition coefficient (Wildman–Crippen LogP) is 2.14.